The van der Waals surface area contributed by atoms with Crippen molar-refractivity contribution < 1.29 is 22.0 Å². The van der Waals surface area contributed by atoms with Gasteiger partial charge in [-0.15, -0.1) is 0 Å². The monoisotopic (exact) mass is 378 g/mol. The molecule has 2 rings (SSSR count). The van der Waals surface area contributed by atoms with Gasteiger partial charge in [-0.25, -0.2) is 8.78 Å². The number of hydrogen-bond acceptors (Lipinski definition) is 0. The zero-order chi connectivity index (χ0) is 21.3. The molecule has 0 amide bonds. The highest BCUT2D eigenvalue weighted by Crippen LogP contribution is 2.29. The first-order valence-electron chi connectivity index (χ1n) is 8.75. The maximum atomic E-state index is 12.2. The van der Waals surface area contributed by atoms with Crippen molar-refractivity contribution in [2.24, 2.45) is 0 Å². The third kappa shape index (κ3) is 13.4. The maximum Gasteiger partial charge on any atom is 0.416 e. The quantitative estimate of drug-likeness (QED) is 0.404. The molecule has 0 bridgehead atoms. The summed E-state index contributed by atoms with van der Waals surface area (Å²) in [7, 11) is 0. The van der Waals surface area contributed by atoms with E-state index in [-0.39, 0.29) is 0 Å². The molecule has 2 aromatic rings. The van der Waals surface area contributed by atoms with E-state index in [0.29, 0.717) is 5.56 Å². The van der Waals surface area contributed by atoms with Crippen LogP contribution >= 0.6 is 0 Å². The second-order valence-corrected chi connectivity index (χ2v) is 4.28. The van der Waals surface area contributed by atoms with Crippen LogP contribution in [0.5, 0.6) is 0 Å². The summed E-state index contributed by atoms with van der Waals surface area (Å²) in [6.07, 6.45) is -4.22. The molecule has 0 unspecified atom stereocenters. The van der Waals surface area contributed by atoms with E-state index in [0.717, 1.165) is 29.8 Å². The van der Waals surface area contributed by atoms with Crippen LogP contribution < -0.4 is 0 Å². The van der Waals surface area contributed by atoms with Crippen molar-refractivity contribution in [3.63, 3.8) is 0 Å². The largest absolute Gasteiger partial charge is 0.416 e. The van der Waals surface area contributed by atoms with Crippen LogP contribution in [0.15, 0.2) is 42.5 Å². The Morgan fingerprint density at radius 1 is 0.615 bits per heavy atom. The van der Waals surface area contributed by atoms with E-state index in [9.17, 15) is 22.0 Å². The Balaban J connectivity index is -0.000000319. The summed E-state index contributed by atoms with van der Waals surface area (Å²) in [6.45, 7) is 15.3. The average molecular weight is 378 g/mol. The highest BCUT2D eigenvalue weighted by atomic mass is 19.4. The van der Waals surface area contributed by atoms with Gasteiger partial charge < -0.3 is 0 Å². The molecule has 0 nitrogen and oxygen atoms in total. The van der Waals surface area contributed by atoms with Crippen LogP contribution in [0.1, 0.15) is 58.2 Å². The van der Waals surface area contributed by atoms with Gasteiger partial charge in [0.15, 0.2) is 11.6 Å². The van der Waals surface area contributed by atoms with Crippen molar-refractivity contribution in [3.05, 3.63) is 70.8 Å². The number of benzene rings is 2. The molecule has 0 heterocycles. The zero-order valence-electron chi connectivity index (χ0n) is 16.9. The van der Waals surface area contributed by atoms with Gasteiger partial charge in [0, 0.05) is 0 Å². The first-order chi connectivity index (χ1) is 12.2. The van der Waals surface area contributed by atoms with Gasteiger partial charge in [-0.05, 0) is 37.6 Å². The van der Waals surface area contributed by atoms with Crippen LogP contribution in [-0.2, 0) is 6.18 Å². The molecular formula is C21H31F5. The van der Waals surface area contributed by atoms with E-state index in [2.05, 4.69) is 0 Å². The van der Waals surface area contributed by atoms with Crippen molar-refractivity contribution in [3.8, 4) is 0 Å². The third-order valence-corrected chi connectivity index (χ3v) is 2.42. The van der Waals surface area contributed by atoms with Gasteiger partial charge in [0.05, 0.1) is 5.56 Å². The molecule has 0 aliphatic carbocycles. The van der Waals surface area contributed by atoms with E-state index in [4.69, 9.17) is 0 Å². The minimum absolute atomic E-state index is 0.586. The van der Waals surface area contributed by atoms with Gasteiger partial charge in [-0.1, -0.05) is 71.4 Å². The van der Waals surface area contributed by atoms with Crippen LogP contribution in [0.2, 0.25) is 0 Å². The van der Waals surface area contributed by atoms with E-state index < -0.39 is 23.4 Å². The first kappa shape index (κ1) is 28.9. The van der Waals surface area contributed by atoms with E-state index in [1.807, 2.05) is 41.5 Å². The standard InChI is InChI=1S/C8H7F3.C7H6F2.3C2H6/c1-6-3-2-4-7(5-6)8(9,10)11;1-5-2-3-6(8)7(9)4-5;3*1-2/h2-5H,1H3;2-4H,1H3;3*1-2H3. The molecule has 0 aliphatic heterocycles. The summed E-state index contributed by atoms with van der Waals surface area (Å²) in [5.41, 5.74) is 0.770. The lowest BCUT2D eigenvalue weighted by Gasteiger charge is -2.05. The fourth-order valence-electron chi connectivity index (χ4n) is 1.42. The number of halogens is 5. The lowest BCUT2D eigenvalue weighted by atomic mass is 10.1. The third-order valence-electron chi connectivity index (χ3n) is 2.42. The molecule has 0 aromatic heterocycles. The Morgan fingerprint density at radius 2 is 1.08 bits per heavy atom. The smallest absolute Gasteiger partial charge is 0.204 e. The topological polar surface area (TPSA) is 0 Å². The highest BCUT2D eigenvalue weighted by Gasteiger charge is 2.29. The van der Waals surface area contributed by atoms with E-state index in [1.54, 1.807) is 19.9 Å². The fourth-order valence-corrected chi connectivity index (χ4v) is 1.42. The molecule has 0 saturated carbocycles. The van der Waals surface area contributed by atoms with Crippen LogP contribution in [0, 0.1) is 25.5 Å². The fraction of sp³-hybridized carbons (Fsp3) is 0.429. The average Bonchev–Trinajstić information content (AvgIpc) is 2.63. The molecular weight excluding hydrogens is 347 g/mol. The van der Waals surface area contributed by atoms with Crippen molar-refractivity contribution in [1.82, 2.24) is 0 Å². The minimum Gasteiger partial charge on any atom is -0.204 e. The zero-order valence-corrected chi connectivity index (χ0v) is 16.9. The van der Waals surface area contributed by atoms with Crippen molar-refractivity contribution in [2.75, 3.05) is 0 Å². The molecule has 0 aliphatic rings. The molecule has 0 spiro atoms. The van der Waals surface area contributed by atoms with E-state index >= 15 is 0 Å². The number of alkyl halides is 3. The molecule has 5 heteroatoms. The van der Waals surface area contributed by atoms with E-state index in [1.165, 1.54) is 12.1 Å². The Labute approximate surface area is 155 Å². The molecule has 0 saturated heterocycles. The van der Waals surface area contributed by atoms with Crippen LogP contribution in [0.25, 0.3) is 0 Å². The predicted molar refractivity (Wildman–Crippen MR) is 101 cm³/mol. The molecule has 0 atom stereocenters. The molecule has 26 heavy (non-hydrogen) atoms. The molecule has 0 fully saturated rings. The normalized spacial score (nSPS) is 8.96. The summed E-state index contributed by atoms with van der Waals surface area (Å²) in [5, 5.41) is 0. The Hall–Kier alpha value is -1.91. The molecule has 150 valence electrons. The van der Waals surface area contributed by atoms with Crippen LogP contribution in [-0.4, -0.2) is 0 Å². The Morgan fingerprint density at radius 3 is 1.38 bits per heavy atom. The van der Waals surface area contributed by atoms with Gasteiger partial charge in [0.1, 0.15) is 0 Å². The summed E-state index contributed by atoms with van der Waals surface area (Å²) in [5.74, 6) is -1.57. The lowest BCUT2D eigenvalue weighted by Crippen LogP contribution is -2.04. The molecule has 0 N–H and O–H groups in total. The van der Waals surface area contributed by atoms with Crippen LogP contribution in [0.3, 0.4) is 0 Å². The maximum absolute atomic E-state index is 12.2. The second-order valence-electron chi connectivity index (χ2n) is 4.28. The minimum atomic E-state index is -4.22. The lowest BCUT2D eigenvalue weighted by molar-refractivity contribution is -0.137. The molecule has 0 radical (unpaired) electrons. The summed E-state index contributed by atoms with van der Waals surface area (Å²) < 4.78 is 60.2. The van der Waals surface area contributed by atoms with Crippen molar-refractivity contribution in [2.45, 2.75) is 61.6 Å². The number of rotatable bonds is 0. The summed E-state index contributed by atoms with van der Waals surface area (Å²) >= 11 is 0. The predicted octanol–water partition coefficient (Wildman–Crippen LogP) is 8.37. The SMILES string of the molecule is CC.CC.CC.Cc1ccc(F)c(F)c1.Cc1cccc(C(F)(F)F)c1. The number of aryl methyl sites for hydroxylation is 2. The first-order valence-corrected chi connectivity index (χ1v) is 8.75. The van der Waals surface area contributed by atoms with Gasteiger partial charge in [-0.2, -0.15) is 13.2 Å². The Bertz CT molecular complexity index is 575. The van der Waals surface area contributed by atoms with Gasteiger partial charge in [0.2, 0.25) is 0 Å². The van der Waals surface area contributed by atoms with Gasteiger partial charge >= 0.3 is 6.18 Å². The summed E-state index contributed by atoms with van der Waals surface area (Å²) in [4.78, 5) is 0. The van der Waals surface area contributed by atoms with Crippen molar-refractivity contribution in [1.29, 1.82) is 0 Å². The summed E-state index contributed by atoms with van der Waals surface area (Å²) in [6, 6.07) is 9.03. The van der Waals surface area contributed by atoms with Gasteiger partial charge in [0.25, 0.3) is 0 Å². The van der Waals surface area contributed by atoms with Crippen molar-refractivity contribution >= 4 is 0 Å². The Kier molecular flexibility index (Phi) is 18.4. The molecule has 2 aromatic carbocycles. The van der Waals surface area contributed by atoms with Gasteiger partial charge in [-0.3, -0.25) is 0 Å². The number of hydrogen-bond donors (Lipinski definition) is 0. The second kappa shape index (κ2) is 16.6. The van der Waals surface area contributed by atoms with Crippen LogP contribution in [0.4, 0.5) is 22.0 Å². The highest BCUT2D eigenvalue weighted by molar-refractivity contribution is 5.24.